The molecule has 2 aliphatic rings. The number of amidine groups is 2. The molecule has 6 rings (SSSR count). The molecule has 0 bridgehead atoms. The fourth-order valence-corrected chi connectivity index (χ4v) is 6.54. The third-order valence-corrected chi connectivity index (χ3v) is 9.23. The van der Waals surface area contributed by atoms with Gasteiger partial charge >= 0.3 is 11.9 Å². The van der Waals surface area contributed by atoms with E-state index < -0.39 is 17.8 Å². The van der Waals surface area contributed by atoms with Crippen LogP contribution in [0.25, 0.3) is 12.2 Å². The van der Waals surface area contributed by atoms with E-state index in [0.717, 1.165) is 59.1 Å². The number of amides is 3. The van der Waals surface area contributed by atoms with Gasteiger partial charge in [0.2, 0.25) is 5.91 Å². The number of nitriles is 1. The van der Waals surface area contributed by atoms with Crippen molar-refractivity contribution in [3.8, 4) is 6.07 Å². The number of carboxylic acids is 1. The Labute approximate surface area is 342 Å². The van der Waals surface area contributed by atoms with Gasteiger partial charge < -0.3 is 25.4 Å². The number of ether oxygens (including phenoxy) is 1. The molecule has 2 heterocycles. The van der Waals surface area contributed by atoms with E-state index in [-0.39, 0.29) is 17.4 Å². The Hall–Kier alpha value is -7.46. The number of benzene rings is 4. The molecular formula is C46H44N6O7. The quantitative estimate of drug-likeness (QED) is 0.111. The van der Waals surface area contributed by atoms with E-state index in [1.807, 2.05) is 59.2 Å². The number of hydrogen-bond acceptors (Lipinski definition) is 7. The summed E-state index contributed by atoms with van der Waals surface area (Å²) < 4.78 is 4.92. The first kappa shape index (κ1) is 42.7. The first-order valence-electron chi connectivity index (χ1n) is 19.1. The van der Waals surface area contributed by atoms with Crippen LogP contribution < -0.4 is 15.5 Å². The number of nitrogens with two attached hydrogens (primary N) is 1. The normalized spacial score (nSPS) is 14.2. The van der Waals surface area contributed by atoms with Crippen molar-refractivity contribution in [2.45, 2.75) is 46.5 Å². The molecule has 0 atom stereocenters. The van der Waals surface area contributed by atoms with Crippen molar-refractivity contribution < 1.29 is 33.8 Å². The number of fused-ring (bicyclic) bond motifs is 2. The number of carbonyl (C=O) groups is 5. The van der Waals surface area contributed by atoms with Crippen molar-refractivity contribution in [3.05, 3.63) is 142 Å². The first-order valence-corrected chi connectivity index (χ1v) is 19.1. The molecule has 300 valence electrons. The smallest absolute Gasteiger partial charge is 0.330 e. The number of carboxylic acid groups (broad SMARTS) is 1. The Bertz CT molecular complexity index is 2440. The molecule has 13 nitrogen and oxygen atoms in total. The Kier molecular flexibility index (Phi) is 14.5. The summed E-state index contributed by atoms with van der Waals surface area (Å²) in [5.74, 6) is -1.49. The molecule has 0 fully saturated rings. The second kappa shape index (κ2) is 20.1. The number of primary amides is 1. The lowest BCUT2D eigenvalue weighted by molar-refractivity contribution is -0.137. The zero-order valence-corrected chi connectivity index (χ0v) is 33.1. The Morgan fingerprint density at radius 1 is 0.729 bits per heavy atom. The molecule has 13 heteroatoms. The number of nitrogens with zero attached hydrogens (tertiary/aromatic N) is 5. The van der Waals surface area contributed by atoms with E-state index in [9.17, 15) is 24.0 Å². The van der Waals surface area contributed by atoms with Crippen LogP contribution in [0.4, 0.5) is 11.4 Å². The van der Waals surface area contributed by atoms with Crippen molar-refractivity contribution in [3.63, 3.8) is 0 Å². The Morgan fingerprint density at radius 3 is 1.73 bits per heavy atom. The van der Waals surface area contributed by atoms with Crippen LogP contribution in [0.2, 0.25) is 0 Å². The molecule has 0 saturated carbocycles. The minimum Gasteiger partial charge on any atom is -0.478 e. The molecule has 0 unspecified atom stereocenters. The lowest BCUT2D eigenvalue weighted by Crippen LogP contribution is -2.28. The summed E-state index contributed by atoms with van der Waals surface area (Å²) in [5.41, 5.74) is 12.3. The minimum absolute atomic E-state index is 0.256. The van der Waals surface area contributed by atoms with E-state index in [2.05, 4.69) is 16.9 Å². The average Bonchev–Trinajstić information content (AvgIpc) is 3.75. The number of rotatable bonds is 12. The van der Waals surface area contributed by atoms with Crippen molar-refractivity contribution in [2.24, 2.45) is 15.7 Å². The van der Waals surface area contributed by atoms with Gasteiger partial charge in [-0.3, -0.25) is 14.4 Å². The Balaban J connectivity index is 0.000000224. The maximum atomic E-state index is 12.7. The number of carbonyl (C=O) groups excluding carboxylic acids is 4. The number of anilines is 2. The van der Waals surface area contributed by atoms with Gasteiger partial charge in [0.05, 0.1) is 18.2 Å². The van der Waals surface area contributed by atoms with E-state index >= 15 is 0 Å². The fourth-order valence-electron chi connectivity index (χ4n) is 6.54. The van der Waals surface area contributed by atoms with Crippen LogP contribution in [-0.4, -0.2) is 66.1 Å². The third-order valence-electron chi connectivity index (χ3n) is 9.23. The summed E-state index contributed by atoms with van der Waals surface area (Å²) in [6, 6.07) is 26.3. The molecule has 4 aromatic rings. The highest BCUT2D eigenvalue weighted by atomic mass is 16.5. The molecule has 0 aromatic heterocycles. The van der Waals surface area contributed by atoms with Gasteiger partial charge in [0, 0.05) is 66.1 Å². The molecule has 2 aliphatic heterocycles. The zero-order valence-electron chi connectivity index (χ0n) is 33.1. The molecule has 3 amide bonds. The van der Waals surface area contributed by atoms with Gasteiger partial charge in [0.1, 0.15) is 11.7 Å². The molecule has 59 heavy (non-hydrogen) atoms. The highest BCUT2D eigenvalue weighted by Gasteiger charge is 2.27. The highest BCUT2D eigenvalue weighted by molar-refractivity contribution is 6.14. The number of esters is 1. The molecule has 0 radical (unpaired) electrons. The largest absolute Gasteiger partial charge is 0.478 e. The van der Waals surface area contributed by atoms with E-state index in [1.165, 1.54) is 18.2 Å². The monoisotopic (exact) mass is 792 g/mol. The maximum absolute atomic E-state index is 12.7. The van der Waals surface area contributed by atoms with Gasteiger partial charge in [0.15, 0.2) is 0 Å². The average molecular weight is 793 g/mol. The van der Waals surface area contributed by atoms with E-state index in [1.54, 1.807) is 55.5 Å². The van der Waals surface area contributed by atoms with Crippen LogP contribution in [0.5, 0.6) is 0 Å². The van der Waals surface area contributed by atoms with Gasteiger partial charge in [-0.05, 0) is 103 Å². The first-order chi connectivity index (χ1) is 28.4. The molecular weight excluding hydrogens is 749 g/mol. The molecule has 0 spiro atoms. The van der Waals surface area contributed by atoms with E-state index in [4.69, 9.17) is 20.8 Å². The second-order valence-electron chi connectivity index (χ2n) is 13.5. The number of hydrogen-bond donors (Lipinski definition) is 2. The second-order valence-corrected chi connectivity index (χ2v) is 13.5. The van der Waals surface area contributed by atoms with Crippen LogP contribution in [-0.2, 0) is 27.2 Å². The summed E-state index contributed by atoms with van der Waals surface area (Å²) in [6.07, 6.45) is 8.54. The van der Waals surface area contributed by atoms with Crippen molar-refractivity contribution in [2.75, 3.05) is 29.5 Å². The summed E-state index contributed by atoms with van der Waals surface area (Å²) in [6.45, 7) is 7.60. The Morgan fingerprint density at radius 2 is 1.24 bits per heavy atom. The van der Waals surface area contributed by atoms with Crippen LogP contribution in [0.15, 0.2) is 107 Å². The maximum Gasteiger partial charge on any atom is 0.330 e. The fraction of sp³-hybridized carbons (Fsp3) is 0.217. The van der Waals surface area contributed by atoms with Crippen molar-refractivity contribution in [1.82, 2.24) is 0 Å². The molecule has 4 aromatic carbocycles. The molecule has 0 aliphatic carbocycles. The van der Waals surface area contributed by atoms with E-state index in [0.29, 0.717) is 54.4 Å². The van der Waals surface area contributed by atoms with Crippen molar-refractivity contribution >= 4 is 64.9 Å². The lowest BCUT2D eigenvalue weighted by Gasteiger charge is -2.19. The van der Waals surface area contributed by atoms with Crippen LogP contribution >= 0.6 is 0 Å². The van der Waals surface area contributed by atoms with Gasteiger partial charge in [0.25, 0.3) is 11.8 Å². The van der Waals surface area contributed by atoms with Gasteiger partial charge in [-0.1, -0.05) is 50.2 Å². The zero-order chi connectivity index (χ0) is 42.5. The summed E-state index contributed by atoms with van der Waals surface area (Å²) in [7, 11) is 0. The predicted octanol–water partition coefficient (Wildman–Crippen LogP) is 7.04. The van der Waals surface area contributed by atoms with Crippen LogP contribution in [0.3, 0.4) is 0 Å². The topological polar surface area (TPSA) is 196 Å². The highest BCUT2D eigenvalue weighted by Crippen LogP contribution is 2.33. The minimum atomic E-state index is -1.01. The van der Waals surface area contributed by atoms with Gasteiger partial charge in [-0.25, -0.2) is 9.59 Å². The van der Waals surface area contributed by atoms with Crippen LogP contribution in [0.1, 0.15) is 92.5 Å². The predicted molar refractivity (Wildman–Crippen MR) is 228 cm³/mol. The summed E-state index contributed by atoms with van der Waals surface area (Å²) in [4.78, 5) is 71.8. The third kappa shape index (κ3) is 11.1. The number of aliphatic imine (C=N–C) groups is 2. The number of aliphatic carboxylic acids is 1. The van der Waals surface area contributed by atoms with Gasteiger partial charge in [-0.15, -0.1) is 0 Å². The van der Waals surface area contributed by atoms with Gasteiger partial charge in [-0.2, -0.15) is 15.2 Å². The van der Waals surface area contributed by atoms with Crippen LogP contribution in [0, 0.1) is 11.3 Å². The molecule has 3 N–H and O–H groups in total. The lowest BCUT2D eigenvalue weighted by atomic mass is 10.1. The van der Waals surface area contributed by atoms with Crippen molar-refractivity contribution in [1.29, 1.82) is 5.26 Å². The SMILES string of the molecule is CCCN1C(=NC(=O)c2cccc(C#N)c2)Cc2ccc(/C=C/C(=O)OCC)cc21.CCCN1C(=NC(=O)c2cccc(C(N)=O)c2)Cc2ccc(/C=C/C(=O)O)cc21. The summed E-state index contributed by atoms with van der Waals surface area (Å²) >= 11 is 0. The standard InChI is InChI=1S/C24H23N3O3.C22H21N3O4/c1-3-12-27-21-14-17(9-11-23(28)30-4-2)8-10-19(21)15-22(27)26-24(29)20-7-5-6-18(13-20)16-25;1-2-10-25-18-11-14(7-9-20(26)27)6-8-15(18)13-19(25)24-22(29)17-5-3-4-16(12-17)21(23)28/h5-11,13-14H,3-4,12,15H2,1-2H3;3-9,11-12H,2,10,13H2,1H3,(H2,23,28)(H,26,27)/b11-9+,26-22?;9-7+,24-19?. The molecule has 0 saturated heterocycles. The summed E-state index contributed by atoms with van der Waals surface area (Å²) in [5, 5.41) is 17.9.